The number of fused-ring (bicyclic) bond motifs is 1. The second-order valence-corrected chi connectivity index (χ2v) is 5.93. The number of benzene rings is 2. The average Bonchev–Trinajstić information content (AvgIpc) is 2.47. The smallest absolute Gasteiger partial charge is 0.256 e. The molecule has 1 aromatic heterocycles. The highest BCUT2D eigenvalue weighted by Crippen LogP contribution is 2.22. The van der Waals surface area contributed by atoms with E-state index in [4.69, 9.17) is 0 Å². The summed E-state index contributed by atoms with van der Waals surface area (Å²) in [5.41, 5.74) is 2.08. The third kappa shape index (κ3) is 3.09. The molecule has 21 heavy (non-hydrogen) atoms. The molecule has 1 heterocycles. The van der Waals surface area contributed by atoms with Gasteiger partial charge in [0.05, 0.1) is 23.0 Å². The number of anilines is 1. The lowest BCUT2D eigenvalue weighted by atomic mass is 10.2. The van der Waals surface area contributed by atoms with Crippen molar-refractivity contribution in [1.82, 2.24) is 4.98 Å². The van der Waals surface area contributed by atoms with Gasteiger partial charge < -0.3 is 5.32 Å². The summed E-state index contributed by atoms with van der Waals surface area (Å²) >= 11 is 7.67. The molecule has 0 aliphatic heterocycles. The monoisotopic (exact) mass is 358 g/mol. The van der Waals surface area contributed by atoms with Crippen molar-refractivity contribution in [2.24, 2.45) is 0 Å². The van der Waals surface area contributed by atoms with E-state index in [9.17, 15) is 4.79 Å². The molecule has 3 nitrogen and oxygen atoms in total. The van der Waals surface area contributed by atoms with Crippen LogP contribution in [0.3, 0.4) is 0 Å². The Bertz CT molecular complexity index is 835. The molecule has 1 amide bonds. The molecule has 0 atom stereocenters. The summed E-state index contributed by atoms with van der Waals surface area (Å²) in [4.78, 5) is 17.2. The van der Waals surface area contributed by atoms with Crippen LogP contribution < -0.4 is 5.32 Å². The molecule has 0 bridgehead atoms. The first-order chi connectivity index (χ1) is 10.1. The number of hydrogen-bond acceptors (Lipinski definition) is 3. The van der Waals surface area contributed by atoms with Crippen LogP contribution in [0, 0.1) is 0 Å². The second-order valence-electron chi connectivity index (χ2n) is 4.53. The summed E-state index contributed by atoms with van der Waals surface area (Å²) in [6.07, 6.45) is 1.65. The summed E-state index contributed by atoms with van der Waals surface area (Å²) < 4.78 is 0.886. The fourth-order valence-corrected chi connectivity index (χ4v) is 2.89. The van der Waals surface area contributed by atoms with Crippen molar-refractivity contribution in [3.05, 3.63) is 64.8 Å². The molecule has 0 aliphatic rings. The number of hydrogen-bond donors (Lipinski definition) is 2. The third-order valence-corrected chi connectivity index (χ3v) is 3.92. The molecule has 0 aliphatic carbocycles. The summed E-state index contributed by atoms with van der Waals surface area (Å²) in [7, 11) is 0. The first-order valence-corrected chi connectivity index (χ1v) is 7.52. The summed E-state index contributed by atoms with van der Waals surface area (Å²) in [5.74, 6) is -0.204. The Morgan fingerprint density at radius 3 is 2.76 bits per heavy atom. The van der Waals surface area contributed by atoms with Crippen LogP contribution in [-0.2, 0) is 0 Å². The number of thiol groups is 1. The zero-order valence-electron chi connectivity index (χ0n) is 10.9. The van der Waals surface area contributed by atoms with E-state index >= 15 is 0 Å². The van der Waals surface area contributed by atoms with Crippen LogP contribution in [0.5, 0.6) is 0 Å². The minimum Gasteiger partial charge on any atom is -0.321 e. The van der Waals surface area contributed by atoms with Gasteiger partial charge in [-0.3, -0.25) is 9.78 Å². The Morgan fingerprint density at radius 1 is 1.14 bits per heavy atom. The van der Waals surface area contributed by atoms with E-state index in [1.54, 1.807) is 18.3 Å². The SMILES string of the molecule is O=C(Nc1cnc2ccccc2c1)c1ccc(Br)cc1S. The molecule has 0 saturated carbocycles. The number of carbonyl (C=O) groups is 1. The number of amides is 1. The van der Waals surface area contributed by atoms with E-state index in [1.807, 2.05) is 36.4 Å². The quantitative estimate of drug-likeness (QED) is 0.660. The zero-order valence-corrected chi connectivity index (χ0v) is 13.4. The van der Waals surface area contributed by atoms with Crippen molar-refractivity contribution >= 4 is 51.1 Å². The maximum atomic E-state index is 12.3. The lowest BCUT2D eigenvalue weighted by Crippen LogP contribution is -2.12. The molecule has 1 N–H and O–H groups in total. The number of halogens is 1. The first-order valence-electron chi connectivity index (χ1n) is 6.28. The van der Waals surface area contributed by atoms with Crippen LogP contribution in [0.1, 0.15) is 10.4 Å². The summed E-state index contributed by atoms with van der Waals surface area (Å²) in [5, 5.41) is 3.83. The van der Waals surface area contributed by atoms with E-state index in [0.29, 0.717) is 16.1 Å². The number of aromatic nitrogens is 1. The Hall–Kier alpha value is -1.85. The highest BCUT2D eigenvalue weighted by atomic mass is 79.9. The van der Waals surface area contributed by atoms with Crippen molar-refractivity contribution in [2.75, 3.05) is 5.32 Å². The minimum absolute atomic E-state index is 0.204. The molecule has 0 saturated heterocycles. The molecule has 104 valence electrons. The minimum atomic E-state index is -0.204. The van der Waals surface area contributed by atoms with E-state index in [1.165, 1.54) is 0 Å². The third-order valence-electron chi connectivity index (χ3n) is 3.05. The number of para-hydroxylation sites is 1. The molecular weight excluding hydrogens is 348 g/mol. The fraction of sp³-hybridized carbons (Fsp3) is 0. The van der Waals surface area contributed by atoms with Gasteiger partial charge in [-0.05, 0) is 30.3 Å². The van der Waals surface area contributed by atoms with Gasteiger partial charge in [-0.2, -0.15) is 0 Å². The molecule has 2 aromatic carbocycles. The summed E-state index contributed by atoms with van der Waals surface area (Å²) in [6.45, 7) is 0. The molecule has 3 aromatic rings. The van der Waals surface area contributed by atoms with Gasteiger partial charge in [-0.15, -0.1) is 12.6 Å². The van der Waals surface area contributed by atoms with Crippen molar-refractivity contribution in [1.29, 1.82) is 0 Å². The van der Waals surface area contributed by atoms with Gasteiger partial charge in [0.15, 0.2) is 0 Å². The first kappa shape index (κ1) is 14.1. The highest BCUT2D eigenvalue weighted by Gasteiger charge is 2.10. The largest absolute Gasteiger partial charge is 0.321 e. The average molecular weight is 359 g/mol. The predicted octanol–water partition coefficient (Wildman–Crippen LogP) is 4.54. The van der Waals surface area contributed by atoms with E-state index in [2.05, 4.69) is 38.9 Å². The van der Waals surface area contributed by atoms with Gasteiger partial charge in [-0.1, -0.05) is 34.1 Å². The number of nitrogens with zero attached hydrogens (tertiary/aromatic N) is 1. The number of pyridine rings is 1. The van der Waals surface area contributed by atoms with Crippen LogP contribution in [0.4, 0.5) is 5.69 Å². The lowest BCUT2D eigenvalue weighted by molar-refractivity contribution is 0.102. The maximum Gasteiger partial charge on any atom is 0.256 e. The molecule has 0 radical (unpaired) electrons. The van der Waals surface area contributed by atoms with Crippen molar-refractivity contribution in [2.45, 2.75) is 4.90 Å². The van der Waals surface area contributed by atoms with Crippen LogP contribution in [0.15, 0.2) is 64.1 Å². The summed E-state index contributed by atoms with van der Waals surface area (Å²) in [6, 6.07) is 15.0. The fourth-order valence-electron chi connectivity index (χ4n) is 2.03. The predicted molar refractivity (Wildman–Crippen MR) is 91.1 cm³/mol. The Balaban J connectivity index is 1.89. The van der Waals surface area contributed by atoms with E-state index in [-0.39, 0.29) is 5.91 Å². The molecule has 0 spiro atoms. The highest BCUT2D eigenvalue weighted by molar-refractivity contribution is 9.10. The maximum absolute atomic E-state index is 12.3. The Labute approximate surface area is 135 Å². The lowest BCUT2D eigenvalue weighted by Gasteiger charge is -2.08. The molecular formula is C16H11BrN2OS. The topological polar surface area (TPSA) is 42.0 Å². The van der Waals surface area contributed by atoms with Crippen molar-refractivity contribution < 1.29 is 4.79 Å². The van der Waals surface area contributed by atoms with Gasteiger partial charge in [0.2, 0.25) is 0 Å². The van der Waals surface area contributed by atoms with Crippen molar-refractivity contribution in [3.8, 4) is 0 Å². The second kappa shape index (κ2) is 5.87. The Morgan fingerprint density at radius 2 is 1.95 bits per heavy atom. The molecule has 0 fully saturated rings. The Kier molecular flexibility index (Phi) is 3.94. The van der Waals surface area contributed by atoms with Crippen LogP contribution in [-0.4, -0.2) is 10.9 Å². The van der Waals surface area contributed by atoms with E-state index in [0.717, 1.165) is 15.4 Å². The van der Waals surface area contributed by atoms with Gasteiger partial charge in [-0.25, -0.2) is 0 Å². The van der Waals surface area contributed by atoms with Gasteiger partial charge in [0.25, 0.3) is 5.91 Å². The molecule has 0 unspecified atom stereocenters. The zero-order chi connectivity index (χ0) is 14.8. The molecule has 5 heteroatoms. The van der Waals surface area contributed by atoms with Gasteiger partial charge in [0.1, 0.15) is 0 Å². The van der Waals surface area contributed by atoms with E-state index < -0.39 is 0 Å². The normalized spacial score (nSPS) is 10.6. The van der Waals surface area contributed by atoms with Gasteiger partial charge >= 0.3 is 0 Å². The van der Waals surface area contributed by atoms with Gasteiger partial charge in [0, 0.05) is 14.8 Å². The number of rotatable bonds is 2. The number of nitrogens with one attached hydrogen (secondary N) is 1. The number of carbonyl (C=O) groups excluding carboxylic acids is 1. The standard InChI is InChI=1S/C16H11BrN2OS/c17-11-5-6-13(15(21)8-11)16(20)19-12-7-10-3-1-2-4-14(10)18-9-12/h1-9,21H,(H,19,20). The molecule has 3 rings (SSSR count). The van der Waals surface area contributed by atoms with Crippen LogP contribution in [0.2, 0.25) is 0 Å². The van der Waals surface area contributed by atoms with Crippen molar-refractivity contribution in [3.63, 3.8) is 0 Å². The van der Waals surface area contributed by atoms with Crippen LogP contribution in [0.25, 0.3) is 10.9 Å². The van der Waals surface area contributed by atoms with Crippen LogP contribution >= 0.6 is 28.6 Å².